The summed E-state index contributed by atoms with van der Waals surface area (Å²) in [7, 11) is 0. The van der Waals surface area contributed by atoms with Crippen LogP contribution in [0.4, 0.5) is 4.39 Å². The van der Waals surface area contributed by atoms with Crippen molar-refractivity contribution in [2.24, 2.45) is 40.4 Å². The van der Waals surface area contributed by atoms with Crippen LogP contribution in [-0.2, 0) is 38.0 Å². The Morgan fingerprint density at radius 1 is 0.943 bits per heavy atom. The standard InChI is InChI=1S/C44H73FO8/c1-8-47-29(3)53-42(4,5)37(45)21-16-30(26-39(46)48-9-2)34-19-20-35-33-18-17-31-27-32(51-40-14-10-12-24-49-40)28-38(52-41-15-11-13-25-50-41)44(31,7)36(33)22-23-43(34,35)6/h17,29-30,32-38,40-41H,8-16,18-28H2,1-7H3/t29?,30-,32+,33-,34+,35-,36-,37+,38-,40?,41?,43+,44-/m0/s1. The predicted octanol–water partition coefficient (Wildman–Crippen LogP) is 9.86. The summed E-state index contributed by atoms with van der Waals surface area (Å²) in [6, 6.07) is 0. The molecule has 53 heavy (non-hydrogen) atoms. The summed E-state index contributed by atoms with van der Waals surface area (Å²) >= 11 is 0. The Kier molecular flexibility index (Phi) is 14.1. The maximum atomic E-state index is 16.0. The molecule has 8 nitrogen and oxygen atoms in total. The molecule has 0 bridgehead atoms. The van der Waals surface area contributed by atoms with Crippen molar-refractivity contribution in [3.05, 3.63) is 11.6 Å². The first-order valence-corrected chi connectivity index (χ1v) is 21.7. The van der Waals surface area contributed by atoms with E-state index in [0.717, 1.165) is 96.7 Å². The second-order valence-electron chi connectivity index (χ2n) is 18.3. The van der Waals surface area contributed by atoms with Gasteiger partial charge >= 0.3 is 5.97 Å². The van der Waals surface area contributed by atoms with Gasteiger partial charge < -0.3 is 33.2 Å². The van der Waals surface area contributed by atoms with Gasteiger partial charge in [-0.15, -0.1) is 0 Å². The molecule has 2 aliphatic heterocycles. The van der Waals surface area contributed by atoms with Crippen molar-refractivity contribution in [3.8, 4) is 0 Å². The number of halogens is 1. The molecule has 5 fully saturated rings. The van der Waals surface area contributed by atoms with E-state index in [-0.39, 0.29) is 47.5 Å². The molecular formula is C44H73FO8. The Bertz CT molecular complexity index is 1210. The fourth-order valence-corrected chi connectivity index (χ4v) is 12.2. The molecule has 3 unspecified atom stereocenters. The van der Waals surface area contributed by atoms with Crippen LogP contribution in [-0.4, -0.2) is 75.2 Å². The fourth-order valence-electron chi connectivity index (χ4n) is 12.2. The number of rotatable bonds is 16. The molecule has 0 aromatic rings. The lowest BCUT2D eigenvalue weighted by atomic mass is 9.46. The number of allylic oxidation sites excluding steroid dienone is 1. The molecule has 0 N–H and O–H groups in total. The van der Waals surface area contributed by atoms with Crippen LogP contribution in [0.15, 0.2) is 11.6 Å². The van der Waals surface area contributed by atoms with Gasteiger partial charge in [-0.1, -0.05) is 25.5 Å². The van der Waals surface area contributed by atoms with Crippen molar-refractivity contribution in [1.29, 1.82) is 0 Å². The third kappa shape index (κ3) is 9.22. The molecule has 0 spiro atoms. The summed E-state index contributed by atoms with van der Waals surface area (Å²) in [5.41, 5.74) is 0.539. The maximum absolute atomic E-state index is 16.0. The first-order valence-electron chi connectivity index (χ1n) is 21.7. The Morgan fingerprint density at radius 2 is 1.66 bits per heavy atom. The zero-order chi connectivity index (χ0) is 37.8. The molecule has 2 heterocycles. The number of carbonyl (C=O) groups excluding carboxylic acids is 1. The third-order valence-corrected chi connectivity index (χ3v) is 14.9. The topological polar surface area (TPSA) is 81.7 Å². The zero-order valence-electron chi connectivity index (χ0n) is 34.2. The predicted molar refractivity (Wildman–Crippen MR) is 203 cm³/mol. The highest BCUT2D eigenvalue weighted by atomic mass is 19.1. The molecule has 6 rings (SSSR count). The number of carbonyl (C=O) groups is 1. The summed E-state index contributed by atoms with van der Waals surface area (Å²) < 4.78 is 59.1. The summed E-state index contributed by atoms with van der Waals surface area (Å²) in [6.45, 7) is 16.7. The Labute approximate surface area is 320 Å². The van der Waals surface area contributed by atoms with Crippen molar-refractivity contribution in [2.45, 2.75) is 194 Å². The number of hydrogen-bond donors (Lipinski definition) is 0. The van der Waals surface area contributed by atoms with Crippen molar-refractivity contribution in [3.63, 3.8) is 0 Å². The van der Waals surface area contributed by atoms with Crippen LogP contribution >= 0.6 is 0 Å². The van der Waals surface area contributed by atoms with Crippen LogP contribution in [0.1, 0.15) is 151 Å². The molecule has 0 aromatic carbocycles. The van der Waals surface area contributed by atoms with E-state index in [1.165, 1.54) is 5.57 Å². The van der Waals surface area contributed by atoms with Gasteiger partial charge in [0.15, 0.2) is 18.9 Å². The molecule has 13 atom stereocenters. The van der Waals surface area contributed by atoms with Crippen LogP contribution in [0, 0.1) is 40.4 Å². The molecule has 9 heteroatoms. The van der Waals surface area contributed by atoms with Crippen molar-refractivity contribution in [1.82, 2.24) is 0 Å². The van der Waals surface area contributed by atoms with E-state index in [4.69, 9.17) is 33.2 Å². The second kappa shape index (κ2) is 18.0. The van der Waals surface area contributed by atoms with E-state index < -0.39 is 18.1 Å². The molecule has 4 aliphatic carbocycles. The minimum absolute atomic E-state index is 0.0302. The summed E-state index contributed by atoms with van der Waals surface area (Å²) in [5, 5.41) is 0. The van der Waals surface area contributed by atoms with Gasteiger partial charge in [-0.25, -0.2) is 4.39 Å². The smallest absolute Gasteiger partial charge is 0.306 e. The van der Waals surface area contributed by atoms with Gasteiger partial charge in [-0.2, -0.15) is 0 Å². The number of fused-ring (bicyclic) bond motifs is 5. The summed E-state index contributed by atoms with van der Waals surface area (Å²) in [4.78, 5) is 13.1. The van der Waals surface area contributed by atoms with E-state index in [0.29, 0.717) is 56.1 Å². The second-order valence-corrected chi connectivity index (χ2v) is 18.3. The maximum Gasteiger partial charge on any atom is 0.306 e. The molecular weight excluding hydrogens is 675 g/mol. The molecule has 0 aromatic heterocycles. The Balaban J connectivity index is 1.20. The van der Waals surface area contributed by atoms with Gasteiger partial charge in [0.25, 0.3) is 0 Å². The van der Waals surface area contributed by atoms with E-state index in [1.54, 1.807) is 0 Å². The van der Waals surface area contributed by atoms with Crippen LogP contribution in [0.5, 0.6) is 0 Å². The van der Waals surface area contributed by atoms with Crippen LogP contribution < -0.4 is 0 Å². The molecule has 304 valence electrons. The largest absolute Gasteiger partial charge is 0.466 e. The Morgan fingerprint density at radius 3 is 2.32 bits per heavy atom. The van der Waals surface area contributed by atoms with E-state index in [1.807, 2.05) is 34.6 Å². The number of alkyl halides is 1. The first-order chi connectivity index (χ1) is 25.4. The van der Waals surface area contributed by atoms with Crippen molar-refractivity contribution in [2.75, 3.05) is 26.4 Å². The fraction of sp³-hybridized carbons (Fsp3) is 0.932. The van der Waals surface area contributed by atoms with Gasteiger partial charge in [-0.3, -0.25) is 4.79 Å². The van der Waals surface area contributed by atoms with E-state index >= 15 is 4.39 Å². The lowest BCUT2D eigenvalue weighted by Crippen LogP contribution is -2.57. The van der Waals surface area contributed by atoms with Crippen molar-refractivity contribution < 1.29 is 42.3 Å². The normalized spacial score (nSPS) is 39.2. The molecule has 0 amide bonds. The number of ether oxygens (including phenoxy) is 7. The third-order valence-electron chi connectivity index (χ3n) is 14.9. The minimum atomic E-state index is -1.17. The Hall–Kier alpha value is -1.10. The average Bonchev–Trinajstić information content (AvgIpc) is 3.48. The first kappa shape index (κ1) is 41.5. The highest BCUT2D eigenvalue weighted by molar-refractivity contribution is 5.69. The number of hydrogen-bond acceptors (Lipinski definition) is 8. The molecule has 0 radical (unpaired) electrons. The quantitative estimate of drug-likeness (QED) is 0.0877. The lowest BCUT2D eigenvalue weighted by molar-refractivity contribution is -0.248. The molecule has 6 aliphatic rings. The average molecular weight is 749 g/mol. The van der Waals surface area contributed by atoms with Gasteiger partial charge in [0.2, 0.25) is 0 Å². The van der Waals surface area contributed by atoms with Crippen LogP contribution in [0.2, 0.25) is 0 Å². The number of esters is 1. The van der Waals surface area contributed by atoms with Crippen LogP contribution in [0.3, 0.4) is 0 Å². The SMILES string of the molecule is CCOC(=O)C[C@H](CC[C@@H](F)C(C)(C)OC(C)OCC)[C@H]1CC[C@H]2[C@@H]3CC=C4C[C@@H](OC5CCCCO5)C[C@H](OC5CCCCO5)[C@]4(C)[C@H]3CC[C@]12C. The van der Waals surface area contributed by atoms with Gasteiger partial charge in [0.1, 0.15) is 6.17 Å². The summed E-state index contributed by atoms with van der Waals surface area (Å²) in [6.07, 6.45) is 16.0. The molecule has 3 saturated carbocycles. The zero-order valence-corrected chi connectivity index (χ0v) is 34.2. The van der Waals surface area contributed by atoms with Gasteiger partial charge in [0, 0.05) is 38.1 Å². The van der Waals surface area contributed by atoms with E-state index in [9.17, 15) is 4.79 Å². The van der Waals surface area contributed by atoms with E-state index in [2.05, 4.69) is 19.9 Å². The van der Waals surface area contributed by atoms with Crippen molar-refractivity contribution >= 4 is 5.97 Å². The highest BCUT2D eigenvalue weighted by Crippen LogP contribution is 2.68. The highest BCUT2D eigenvalue weighted by Gasteiger charge is 2.62. The van der Waals surface area contributed by atoms with Crippen LogP contribution in [0.25, 0.3) is 0 Å². The monoisotopic (exact) mass is 749 g/mol. The van der Waals surface area contributed by atoms with Gasteiger partial charge in [0.05, 0.1) is 24.4 Å². The van der Waals surface area contributed by atoms with Gasteiger partial charge in [-0.05, 0) is 160 Å². The molecule has 2 saturated heterocycles. The minimum Gasteiger partial charge on any atom is -0.466 e. The lowest BCUT2D eigenvalue weighted by Gasteiger charge is -2.60. The summed E-state index contributed by atoms with van der Waals surface area (Å²) in [5.74, 6) is 1.87.